The van der Waals surface area contributed by atoms with Crippen molar-refractivity contribution in [1.82, 2.24) is 15.1 Å². The number of ether oxygens (including phenoxy) is 2. The van der Waals surface area contributed by atoms with E-state index >= 15 is 0 Å². The molecule has 7 heteroatoms. The molecule has 7 nitrogen and oxygen atoms in total. The number of hydrogen-bond acceptors (Lipinski definition) is 5. The molecule has 0 atom stereocenters. The predicted octanol–water partition coefficient (Wildman–Crippen LogP) is 4.15. The van der Waals surface area contributed by atoms with Gasteiger partial charge in [0.25, 0.3) is 5.91 Å². The normalized spacial score (nSPS) is 10.8. The summed E-state index contributed by atoms with van der Waals surface area (Å²) in [5.74, 6) is 0.774. The number of methoxy groups -OCH3 is 2. The van der Waals surface area contributed by atoms with Crippen molar-refractivity contribution in [3.05, 3.63) is 83.0 Å². The summed E-state index contributed by atoms with van der Waals surface area (Å²) in [6.45, 7) is 0.291. The van der Waals surface area contributed by atoms with Gasteiger partial charge in [-0.05, 0) is 17.7 Å². The molecular weight excluding hydrogens is 406 g/mol. The lowest BCUT2D eigenvalue weighted by Crippen LogP contribution is -2.26. The largest absolute Gasteiger partial charge is 0.507 e. The molecular formula is C25H25N3O4. The average Bonchev–Trinajstić information content (AvgIpc) is 3.19. The maximum atomic E-state index is 13.2. The Hall–Kier alpha value is -4.00. The first kappa shape index (κ1) is 21.2. The van der Waals surface area contributed by atoms with Crippen LogP contribution in [0, 0.1) is 0 Å². The number of H-pyrrole nitrogens is 1. The third kappa shape index (κ3) is 4.09. The highest BCUT2D eigenvalue weighted by atomic mass is 16.5. The number of nitrogens with zero attached hydrogens (tertiary/aromatic N) is 2. The molecule has 0 bridgehead atoms. The molecule has 4 aromatic rings. The Morgan fingerprint density at radius 1 is 1.06 bits per heavy atom. The van der Waals surface area contributed by atoms with Crippen LogP contribution in [-0.4, -0.2) is 47.4 Å². The van der Waals surface area contributed by atoms with Crippen LogP contribution in [0.15, 0.2) is 60.7 Å². The Labute approximate surface area is 186 Å². The highest BCUT2D eigenvalue weighted by molar-refractivity contribution is 6.01. The summed E-state index contributed by atoms with van der Waals surface area (Å²) in [7, 11) is 4.82. The average molecular weight is 431 g/mol. The van der Waals surface area contributed by atoms with E-state index in [1.165, 1.54) is 4.90 Å². The first-order chi connectivity index (χ1) is 15.5. The third-order valence-electron chi connectivity index (χ3n) is 5.44. The van der Waals surface area contributed by atoms with Crippen molar-refractivity contribution in [3.63, 3.8) is 0 Å². The summed E-state index contributed by atoms with van der Waals surface area (Å²) < 4.78 is 10.8. The van der Waals surface area contributed by atoms with Gasteiger partial charge in [0, 0.05) is 37.0 Å². The number of hydrogen-bond donors (Lipinski definition) is 2. The fraction of sp³-hybridized carbons (Fsp3) is 0.200. The summed E-state index contributed by atoms with van der Waals surface area (Å²) in [6.07, 6.45) is 0.621. The van der Waals surface area contributed by atoms with Crippen molar-refractivity contribution in [2.24, 2.45) is 0 Å². The Bertz CT molecular complexity index is 1250. The van der Waals surface area contributed by atoms with Gasteiger partial charge in [-0.1, -0.05) is 42.5 Å². The van der Waals surface area contributed by atoms with Gasteiger partial charge in [0.15, 0.2) is 11.5 Å². The molecule has 0 aliphatic carbocycles. The van der Waals surface area contributed by atoms with Crippen molar-refractivity contribution in [3.8, 4) is 17.2 Å². The van der Waals surface area contributed by atoms with Crippen LogP contribution in [-0.2, 0) is 13.0 Å². The summed E-state index contributed by atoms with van der Waals surface area (Å²) >= 11 is 0. The van der Waals surface area contributed by atoms with E-state index in [1.807, 2.05) is 42.5 Å². The summed E-state index contributed by atoms with van der Waals surface area (Å²) in [4.78, 5) is 14.8. The summed E-state index contributed by atoms with van der Waals surface area (Å²) in [5.41, 5.74) is 3.64. The molecule has 1 amide bonds. The van der Waals surface area contributed by atoms with Crippen molar-refractivity contribution in [2.75, 3.05) is 21.3 Å². The van der Waals surface area contributed by atoms with Crippen LogP contribution in [0.2, 0.25) is 0 Å². The fourth-order valence-electron chi connectivity index (χ4n) is 3.81. The van der Waals surface area contributed by atoms with E-state index in [-0.39, 0.29) is 17.2 Å². The minimum absolute atomic E-state index is 0.0955. The van der Waals surface area contributed by atoms with Crippen LogP contribution in [0.4, 0.5) is 0 Å². The first-order valence-corrected chi connectivity index (χ1v) is 10.2. The highest BCUT2D eigenvalue weighted by Gasteiger charge is 2.21. The second kappa shape index (κ2) is 9.01. The van der Waals surface area contributed by atoms with Gasteiger partial charge in [-0.2, -0.15) is 5.10 Å². The Balaban J connectivity index is 1.63. The molecule has 4 rings (SSSR count). The molecule has 0 radical (unpaired) electrons. The molecule has 0 spiro atoms. The first-order valence-electron chi connectivity index (χ1n) is 10.2. The molecule has 3 aromatic carbocycles. The topological polar surface area (TPSA) is 87.7 Å². The molecule has 1 aromatic heterocycles. The second-order valence-electron chi connectivity index (χ2n) is 7.56. The lowest BCUT2D eigenvalue weighted by molar-refractivity contribution is 0.0781. The van der Waals surface area contributed by atoms with Gasteiger partial charge in [-0.25, -0.2) is 0 Å². The third-order valence-corrected chi connectivity index (χ3v) is 5.44. The van der Waals surface area contributed by atoms with Crippen LogP contribution in [0.1, 0.15) is 27.2 Å². The Morgan fingerprint density at radius 2 is 1.84 bits per heavy atom. The number of nitrogens with one attached hydrogen (secondary N) is 1. The lowest BCUT2D eigenvalue weighted by atomic mass is 10.0. The highest BCUT2D eigenvalue weighted by Crippen LogP contribution is 2.32. The van der Waals surface area contributed by atoms with Gasteiger partial charge in [0.2, 0.25) is 0 Å². The number of carbonyl (C=O) groups is 1. The standard InChI is InChI=1S/C25H25N3O4/c1-28(15-17-10-7-11-23(31-2)24(17)32-3)25(30)19-13-18-20(12-16-8-5-4-6-9-16)26-27-21(18)14-22(19)29/h4-11,13-14,29H,12,15H2,1-3H3,(H,26,27). The zero-order valence-electron chi connectivity index (χ0n) is 18.3. The van der Waals surface area contributed by atoms with E-state index in [2.05, 4.69) is 10.2 Å². The van der Waals surface area contributed by atoms with Gasteiger partial charge in [-0.3, -0.25) is 9.89 Å². The summed E-state index contributed by atoms with van der Waals surface area (Å²) in [6, 6.07) is 18.8. The second-order valence-corrected chi connectivity index (χ2v) is 7.56. The molecule has 2 N–H and O–H groups in total. The van der Waals surface area contributed by atoms with E-state index < -0.39 is 0 Å². The number of para-hydroxylation sites is 1. The molecule has 0 aliphatic heterocycles. The van der Waals surface area contributed by atoms with Crippen LogP contribution < -0.4 is 9.47 Å². The molecule has 164 valence electrons. The van der Waals surface area contributed by atoms with E-state index in [9.17, 15) is 9.90 Å². The maximum absolute atomic E-state index is 13.2. The fourth-order valence-corrected chi connectivity index (χ4v) is 3.81. The summed E-state index contributed by atoms with van der Waals surface area (Å²) in [5, 5.41) is 18.7. The van der Waals surface area contributed by atoms with Crippen LogP contribution in [0.25, 0.3) is 10.9 Å². The Kier molecular flexibility index (Phi) is 5.98. The number of phenolic OH excluding ortho intramolecular Hbond substituents is 1. The molecule has 1 heterocycles. The van der Waals surface area contributed by atoms with E-state index in [4.69, 9.17) is 9.47 Å². The number of benzene rings is 3. The minimum atomic E-state index is -0.305. The molecule has 32 heavy (non-hydrogen) atoms. The van der Waals surface area contributed by atoms with Gasteiger partial charge >= 0.3 is 0 Å². The smallest absolute Gasteiger partial charge is 0.257 e. The maximum Gasteiger partial charge on any atom is 0.257 e. The van der Waals surface area contributed by atoms with Crippen molar-refractivity contribution >= 4 is 16.8 Å². The lowest BCUT2D eigenvalue weighted by Gasteiger charge is -2.20. The number of aromatic hydroxyl groups is 1. The molecule has 0 fully saturated rings. The van der Waals surface area contributed by atoms with E-state index in [1.54, 1.807) is 39.5 Å². The van der Waals surface area contributed by atoms with Gasteiger partial charge in [0.1, 0.15) is 5.75 Å². The number of aromatic nitrogens is 2. The van der Waals surface area contributed by atoms with E-state index in [0.29, 0.717) is 30.0 Å². The number of rotatable bonds is 7. The van der Waals surface area contributed by atoms with Gasteiger partial charge < -0.3 is 19.5 Å². The molecule has 0 unspecified atom stereocenters. The molecule has 0 saturated heterocycles. The van der Waals surface area contributed by atoms with Gasteiger partial charge in [-0.15, -0.1) is 0 Å². The van der Waals surface area contributed by atoms with E-state index in [0.717, 1.165) is 22.2 Å². The minimum Gasteiger partial charge on any atom is -0.507 e. The Morgan fingerprint density at radius 3 is 2.56 bits per heavy atom. The van der Waals surface area contributed by atoms with Gasteiger partial charge in [0.05, 0.1) is 31.0 Å². The monoisotopic (exact) mass is 431 g/mol. The number of phenols is 1. The van der Waals surface area contributed by atoms with Crippen molar-refractivity contribution in [2.45, 2.75) is 13.0 Å². The number of carbonyl (C=O) groups excluding carboxylic acids is 1. The van der Waals surface area contributed by atoms with Crippen LogP contribution >= 0.6 is 0 Å². The van der Waals surface area contributed by atoms with Crippen LogP contribution in [0.3, 0.4) is 0 Å². The van der Waals surface area contributed by atoms with Crippen molar-refractivity contribution in [1.29, 1.82) is 0 Å². The number of aromatic amines is 1. The number of fused-ring (bicyclic) bond motifs is 1. The quantitative estimate of drug-likeness (QED) is 0.459. The zero-order chi connectivity index (χ0) is 22.7. The number of amides is 1. The van der Waals surface area contributed by atoms with Crippen molar-refractivity contribution < 1.29 is 19.4 Å². The molecule has 0 saturated carbocycles. The van der Waals surface area contributed by atoms with Crippen LogP contribution in [0.5, 0.6) is 17.2 Å². The predicted molar refractivity (Wildman–Crippen MR) is 122 cm³/mol. The zero-order valence-corrected chi connectivity index (χ0v) is 18.3. The SMILES string of the molecule is COc1cccc(CN(C)C(=O)c2cc3c(Cc4ccccc4)n[nH]c3cc2O)c1OC. The molecule has 0 aliphatic rings.